The number of anilines is 1. The molecule has 0 radical (unpaired) electrons. The van der Waals surface area contributed by atoms with E-state index in [1.807, 2.05) is 0 Å². The molecule has 0 heterocycles. The minimum atomic E-state index is -0.664. The van der Waals surface area contributed by atoms with Gasteiger partial charge in [-0.1, -0.05) is 0 Å². The van der Waals surface area contributed by atoms with Gasteiger partial charge in [0.2, 0.25) is 11.8 Å². The van der Waals surface area contributed by atoms with Crippen molar-refractivity contribution in [2.75, 3.05) is 18.4 Å². The van der Waals surface area contributed by atoms with E-state index in [0.29, 0.717) is 5.92 Å². The van der Waals surface area contributed by atoms with E-state index >= 15 is 0 Å². The Kier molecular flexibility index (Phi) is 4.11. The number of nitrogens with one attached hydrogen (secondary N) is 2. The Morgan fingerprint density at radius 2 is 2.11 bits per heavy atom. The SMILES string of the molecule is NC(=O)c1ccc(F)c(NC(=O)CNCC2CC2)c1. The molecule has 0 unspecified atom stereocenters. The number of rotatable bonds is 6. The van der Waals surface area contributed by atoms with Gasteiger partial charge in [0.15, 0.2) is 0 Å². The number of carbonyl (C=O) groups excluding carboxylic acids is 2. The van der Waals surface area contributed by atoms with E-state index < -0.39 is 11.7 Å². The van der Waals surface area contributed by atoms with Gasteiger partial charge in [-0.15, -0.1) is 0 Å². The third-order valence-electron chi connectivity index (χ3n) is 2.94. The number of carbonyl (C=O) groups is 2. The van der Waals surface area contributed by atoms with Crippen LogP contribution in [0.4, 0.5) is 10.1 Å². The molecule has 6 heteroatoms. The zero-order valence-corrected chi connectivity index (χ0v) is 10.4. The lowest BCUT2D eigenvalue weighted by Gasteiger charge is -2.08. The van der Waals surface area contributed by atoms with Crippen molar-refractivity contribution >= 4 is 17.5 Å². The summed E-state index contributed by atoms with van der Waals surface area (Å²) in [4.78, 5) is 22.6. The van der Waals surface area contributed by atoms with E-state index in [4.69, 9.17) is 5.73 Å². The largest absolute Gasteiger partial charge is 0.366 e. The summed E-state index contributed by atoms with van der Waals surface area (Å²) in [6.45, 7) is 0.925. The van der Waals surface area contributed by atoms with Gasteiger partial charge < -0.3 is 16.4 Å². The topological polar surface area (TPSA) is 84.2 Å². The number of nitrogens with two attached hydrogens (primary N) is 1. The van der Waals surface area contributed by atoms with Gasteiger partial charge in [0.05, 0.1) is 12.2 Å². The highest BCUT2D eigenvalue weighted by Crippen LogP contribution is 2.27. The molecule has 0 aliphatic heterocycles. The maximum absolute atomic E-state index is 13.5. The van der Waals surface area contributed by atoms with Gasteiger partial charge in [0, 0.05) is 5.56 Å². The average Bonchev–Trinajstić information content (AvgIpc) is 3.15. The maximum atomic E-state index is 13.5. The lowest BCUT2D eigenvalue weighted by molar-refractivity contribution is -0.115. The van der Waals surface area contributed by atoms with Crippen LogP contribution in [0, 0.1) is 11.7 Å². The molecule has 0 spiro atoms. The van der Waals surface area contributed by atoms with Crippen LogP contribution in [0.15, 0.2) is 18.2 Å². The quantitative estimate of drug-likeness (QED) is 0.713. The minimum Gasteiger partial charge on any atom is -0.366 e. The Morgan fingerprint density at radius 3 is 2.74 bits per heavy atom. The van der Waals surface area contributed by atoms with Crippen molar-refractivity contribution in [2.24, 2.45) is 11.7 Å². The molecule has 5 nitrogen and oxygen atoms in total. The van der Waals surface area contributed by atoms with Gasteiger partial charge in [-0.2, -0.15) is 0 Å². The van der Waals surface area contributed by atoms with Gasteiger partial charge >= 0.3 is 0 Å². The number of primary amides is 1. The predicted octanol–water partition coefficient (Wildman–Crippen LogP) is 0.863. The highest BCUT2D eigenvalue weighted by molar-refractivity contribution is 5.96. The first-order valence-electron chi connectivity index (χ1n) is 6.16. The first kappa shape index (κ1) is 13.5. The van der Waals surface area contributed by atoms with Crippen LogP contribution in [0.25, 0.3) is 0 Å². The van der Waals surface area contributed by atoms with Crippen LogP contribution < -0.4 is 16.4 Å². The first-order chi connectivity index (χ1) is 9.06. The van der Waals surface area contributed by atoms with Crippen molar-refractivity contribution in [3.63, 3.8) is 0 Å². The number of hydrogen-bond donors (Lipinski definition) is 3. The van der Waals surface area contributed by atoms with Crippen molar-refractivity contribution < 1.29 is 14.0 Å². The van der Waals surface area contributed by atoms with Gasteiger partial charge in [-0.05, 0) is 43.5 Å². The highest BCUT2D eigenvalue weighted by atomic mass is 19.1. The van der Waals surface area contributed by atoms with Crippen LogP contribution in [0.3, 0.4) is 0 Å². The van der Waals surface area contributed by atoms with Crippen molar-refractivity contribution in [3.8, 4) is 0 Å². The van der Waals surface area contributed by atoms with Crippen molar-refractivity contribution in [1.82, 2.24) is 5.32 Å². The van der Waals surface area contributed by atoms with Crippen LogP contribution in [0.2, 0.25) is 0 Å². The molecule has 4 N–H and O–H groups in total. The van der Waals surface area contributed by atoms with E-state index in [1.165, 1.54) is 25.0 Å². The summed E-state index contributed by atoms with van der Waals surface area (Å²) < 4.78 is 13.5. The molecular formula is C13H16FN3O2. The Morgan fingerprint density at radius 1 is 1.37 bits per heavy atom. The summed E-state index contributed by atoms with van der Waals surface area (Å²) in [6.07, 6.45) is 2.40. The van der Waals surface area contributed by atoms with E-state index in [9.17, 15) is 14.0 Å². The van der Waals surface area contributed by atoms with Crippen LogP contribution in [0.1, 0.15) is 23.2 Å². The smallest absolute Gasteiger partial charge is 0.248 e. The maximum Gasteiger partial charge on any atom is 0.248 e. The molecule has 19 heavy (non-hydrogen) atoms. The Balaban J connectivity index is 1.90. The molecule has 1 fully saturated rings. The van der Waals surface area contributed by atoms with Crippen molar-refractivity contribution in [3.05, 3.63) is 29.6 Å². The normalized spacial score (nSPS) is 14.2. The van der Waals surface area contributed by atoms with E-state index in [2.05, 4.69) is 10.6 Å². The van der Waals surface area contributed by atoms with Gasteiger partial charge in [0.1, 0.15) is 5.82 Å². The molecule has 0 aromatic heterocycles. The monoisotopic (exact) mass is 265 g/mol. The molecule has 1 aliphatic rings. The second kappa shape index (κ2) is 5.79. The lowest BCUT2D eigenvalue weighted by atomic mass is 10.2. The van der Waals surface area contributed by atoms with Crippen LogP contribution in [0.5, 0.6) is 0 Å². The van der Waals surface area contributed by atoms with Crippen molar-refractivity contribution in [2.45, 2.75) is 12.8 Å². The van der Waals surface area contributed by atoms with Gasteiger partial charge in [0.25, 0.3) is 0 Å². The van der Waals surface area contributed by atoms with Crippen molar-refractivity contribution in [1.29, 1.82) is 0 Å². The fraction of sp³-hybridized carbons (Fsp3) is 0.385. The summed E-state index contributed by atoms with van der Waals surface area (Å²) in [5.41, 5.74) is 5.22. The summed E-state index contributed by atoms with van der Waals surface area (Å²) in [5, 5.41) is 5.41. The summed E-state index contributed by atoms with van der Waals surface area (Å²) >= 11 is 0. The summed E-state index contributed by atoms with van der Waals surface area (Å²) in [5.74, 6) is -0.938. The predicted molar refractivity (Wildman–Crippen MR) is 69.1 cm³/mol. The van der Waals surface area contributed by atoms with E-state index in [1.54, 1.807) is 0 Å². The Hall–Kier alpha value is -1.95. The molecule has 1 saturated carbocycles. The summed E-state index contributed by atoms with van der Waals surface area (Å²) in [6, 6.07) is 3.61. The standard InChI is InChI=1S/C13H16FN3O2/c14-10-4-3-9(13(15)19)5-11(10)17-12(18)7-16-6-8-1-2-8/h3-5,8,16H,1-2,6-7H2,(H2,15,19)(H,17,18). The molecule has 1 aromatic carbocycles. The number of amides is 2. The van der Waals surface area contributed by atoms with Gasteiger partial charge in [-0.25, -0.2) is 4.39 Å². The molecule has 1 aromatic rings. The Labute approximate surface area is 110 Å². The van der Waals surface area contributed by atoms with E-state index in [0.717, 1.165) is 12.6 Å². The Bertz CT molecular complexity index is 501. The summed E-state index contributed by atoms with van der Waals surface area (Å²) in [7, 11) is 0. The molecule has 102 valence electrons. The molecule has 2 amide bonds. The number of hydrogen-bond acceptors (Lipinski definition) is 3. The van der Waals surface area contributed by atoms with Crippen LogP contribution >= 0.6 is 0 Å². The molecule has 0 atom stereocenters. The fourth-order valence-corrected chi connectivity index (χ4v) is 1.68. The van der Waals surface area contributed by atoms with Crippen LogP contribution in [-0.4, -0.2) is 24.9 Å². The molecule has 1 aliphatic carbocycles. The molecule has 0 bridgehead atoms. The van der Waals surface area contributed by atoms with Crippen LogP contribution in [-0.2, 0) is 4.79 Å². The first-order valence-corrected chi connectivity index (χ1v) is 6.16. The molecular weight excluding hydrogens is 249 g/mol. The second-order valence-electron chi connectivity index (χ2n) is 4.68. The van der Waals surface area contributed by atoms with Gasteiger partial charge in [-0.3, -0.25) is 9.59 Å². The second-order valence-corrected chi connectivity index (χ2v) is 4.68. The number of halogens is 1. The average molecular weight is 265 g/mol. The number of benzene rings is 1. The fourth-order valence-electron chi connectivity index (χ4n) is 1.68. The molecule has 2 rings (SSSR count). The third-order valence-corrected chi connectivity index (χ3v) is 2.94. The lowest BCUT2D eigenvalue weighted by Crippen LogP contribution is -2.29. The third kappa shape index (κ3) is 4.03. The highest BCUT2D eigenvalue weighted by Gasteiger charge is 2.20. The minimum absolute atomic E-state index is 0.0329. The zero-order chi connectivity index (χ0) is 13.8. The zero-order valence-electron chi connectivity index (χ0n) is 10.4. The van der Waals surface area contributed by atoms with E-state index in [-0.39, 0.29) is 23.7 Å². The molecule has 0 saturated heterocycles.